The predicted octanol–water partition coefficient (Wildman–Crippen LogP) is 6.42. The van der Waals surface area contributed by atoms with E-state index in [1.54, 1.807) is 0 Å². The molecule has 28 heavy (non-hydrogen) atoms. The summed E-state index contributed by atoms with van der Waals surface area (Å²) in [4.78, 5) is 13.3. The molecule has 2 fully saturated rings. The van der Waals surface area contributed by atoms with Crippen LogP contribution in [-0.4, -0.2) is 12.0 Å². The van der Waals surface area contributed by atoms with Crippen molar-refractivity contribution in [2.24, 2.45) is 0 Å². The highest BCUT2D eigenvalue weighted by molar-refractivity contribution is 6.30. The second-order valence-electron chi connectivity index (χ2n) is 8.25. The summed E-state index contributed by atoms with van der Waals surface area (Å²) in [6.45, 7) is 2.05. The maximum Gasteiger partial charge on any atom is 0.235 e. The average molecular weight is 398 g/mol. The highest BCUT2D eigenvalue weighted by Gasteiger charge is 2.42. The number of rotatable bonds is 5. The Bertz CT molecular complexity index is 834. The van der Waals surface area contributed by atoms with E-state index in [-0.39, 0.29) is 5.91 Å². The summed E-state index contributed by atoms with van der Waals surface area (Å²) in [6.07, 6.45) is 9.03. The zero-order valence-corrected chi connectivity index (χ0v) is 17.2. The fraction of sp³-hybridized carbons (Fsp3) is 0.458. The van der Waals surface area contributed by atoms with Gasteiger partial charge >= 0.3 is 0 Å². The Hall–Kier alpha value is -2.00. The summed E-state index contributed by atoms with van der Waals surface area (Å²) in [5, 5.41) is 3.87. The van der Waals surface area contributed by atoms with Gasteiger partial charge in [-0.3, -0.25) is 4.79 Å². The first-order chi connectivity index (χ1) is 13.6. The van der Waals surface area contributed by atoms with Gasteiger partial charge in [-0.25, -0.2) is 0 Å². The molecule has 2 aliphatic rings. The quantitative estimate of drug-likeness (QED) is 0.632. The van der Waals surface area contributed by atoms with Gasteiger partial charge in [0.1, 0.15) is 5.75 Å². The number of amides is 1. The van der Waals surface area contributed by atoms with Crippen molar-refractivity contribution < 1.29 is 9.53 Å². The summed E-state index contributed by atoms with van der Waals surface area (Å²) in [5.74, 6) is 1.01. The number of carbonyl (C=O) groups is 1. The van der Waals surface area contributed by atoms with Gasteiger partial charge < -0.3 is 10.1 Å². The lowest BCUT2D eigenvalue weighted by atomic mass is 9.78. The van der Waals surface area contributed by atoms with Gasteiger partial charge in [0.25, 0.3) is 0 Å². The van der Waals surface area contributed by atoms with Crippen molar-refractivity contribution in [3.8, 4) is 5.75 Å². The van der Waals surface area contributed by atoms with E-state index >= 15 is 0 Å². The molecule has 148 valence electrons. The van der Waals surface area contributed by atoms with Crippen LogP contribution in [0.25, 0.3) is 0 Å². The number of nitrogens with one attached hydrogen (secondary N) is 1. The van der Waals surface area contributed by atoms with E-state index in [4.69, 9.17) is 16.3 Å². The van der Waals surface area contributed by atoms with Gasteiger partial charge in [-0.1, -0.05) is 36.6 Å². The fourth-order valence-corrected chi connectivity index (χ4v) is 4.82. The number of aryl methyl sites for hydroxylation is 1. The molecule has 2 saturated carbocycles. The standard InChI is InChI=1S/C24H28ClNO2/c1-17-16-20(12-13-22(17)28-21-6-2-3-7-21)26-23(27)24(14-4-5-15-24)18-8-10-19(25)11-9-18/h8-13,16,21H,2-7,14-15H2,1H3,(H,26,27). The lowest BCUT2D eigenvalue weighted by Crippen LogP contribution is -2.38. The maximum absolute atomic E-state index is 13.3. The molecule has 0 bridgehead atoms. The predicted molar refractivity (Wildman–Crippen MR) is 114 cm³/mol. The van der Waals surface area contributed by atoms with E-state index in [1.165, 1.54) is 12.8 Å². The minimum atomic E-state index is -0.461. The first kappa shape index (κ1) is 19.3. The van der Waals surface area contributed by atoms with Crippen molar-refractivity contribution in [2.45, 2.75) is 69.8 Å². The van der Waals surface area contributed by atoms with Crippen LogP contribution in [0, 0.1) is 6.92 Å². The molecule has 2 aliphatic carbocycles. The molecule has 0 radical (unpaired) electrons. The van der Waals surface area contributed by atoms with E-state index in [0.717, 1.165) is 61.1 Å². The first-order valence-corrected chi connectivity index (χ1v) is 10.8. The van der Waals surface area contributed by atoms with E-state index in [2.05, 4.69) is 5.32 Å². The lowest BCUT2D eigenvalue weighted by Gasteiger charge is -2.28. The van der Waals surface area contributed by atoms with E-state index < -0.39 is 5.41 Å². The van der Waals surface area contributed by atoms with Crippen LogP contribution in [-0.2, 0) is 10.2 Å². The van der Waals surface area contributed by atoms with Gasteiger partial charge in [0.05, 0.1) is 11.5 Å². The third-order valence-electron chi connectivity index (χ3n) is 6.32. The number of benzene rings is 2. The molecule has 0 spiro atoms. The Kier molecular flexibility index (Phi) is 5.63. The van der Waals surface area contributed by atoms with Gasteiger partial charge in [-0.2, -0.15) is 0 Å². The SMILES string of the molecule is Cc1cc(NC(=O)C2(c3ccc(Cl)cc3)CCCC2)ccc1OC1CCCC1. The molecule has 4 heteroatoms. The zero-order valence-electron chi connectivity index (χ0n) is 16.5. The third-order valence-corrected chi connectivity index (χ3v) is 6.57. The van der Waals surface area contributed by atoms with E-state index in [1.807, 2.05) is 49.4 Å². The van der Waals surface area contributed by atoms with Crippen molar-refractivity contribution in [3.63, 3.8) is 0 Å². The Balaban J connectivity index is 1.51. The van der Waals surface area contributed by atoms with Crippen LogP contribution >= 0.6 is 11.6 Å². The molecule has 0 unspecified atom stereocenters. The Morgan fingerprint density at radius 3 is 2.36 bits per heavy atom. The van der Waals surface area contributed by atoms with Crippen LogP contribution in [0.4, 0.5) is 5.69 Å². The van der Waals surface area contributed by atoms with Crippen molar-refractivity contribution in [3.05, 3.63) is 58.6 Å². The monoisotopic (exact) mass is 397 g/mol. The number of halogens is 1. The van der Waals surface area contributed by atoms with Gasteiger partial charge in [-0.15, -0.1) is 0 Å². The van der Waals surface area contributed by atoms with Gasteiger partial charge in [0.2, 0.25) is 5.91 Å². The van der Waals surface area contributed by atoms with Crippen LogP contribution in [0.3, 0.4) is 0 Å². The second-order valence-corrected chi connectivity index (χ2v) is 8.69. The van der Waals surface area contributed by atoms with E-state index in [0.29, 0.717) is 11.1 Å². The first-order valence-electron chi connectivity index (χ1n) is 10.4. The Morgan fingerprint density at radius 2 is 1.71 bits per heavy atom. The minimum Gasteiger partial charge on any atom is -0.490 e. The third kappa shape index (κ3) is 3.91. The number of carbonyl (C=O) groups excluding carboxylic acids is 1. The minimum absolute atomic E-state index is 0.0798. The highest BCUT2D eigenvalue weighted by Crippen LogP contribution is 2.42. The molecule has 0 aliphatic heterocycles. The van der Waals surface area contributed by atoms with Crippen molar-refractivity contribution >= 4 is 23.2 Å². The molecule has 0 heterocycles. The summed E-state index contributed by atoms with van der Waals surface area (Å²) >= 11 is 6.05. The van der Waals surface area contributed by atoms with Crippen molar-refractivity contribution in [1.29, 1.82) is 0 Å². The lowest BCUT2D eigenvalue weighted by molar-refractivity contribution is -0.121. The van der Waals surface area contributed by atoms with Crippen LogP contribution in [0.5, 0.6) is 5.75 Å². The molecular formula is C24H28ClNO2. The molecule has 0 atom stereocenters. The fourth-order valence-electron chi connectivity index (χ4n) is 4.69. The highest BCUT2D eigenvalue weighted by atomic mass is 35.5. The van der Waals surface area contributed by atoms with Gasteiger partial charge in [-0.05, 0) is 86.9 Å². The topological polar surface area (TPSA) is 38.3 Å². The second kappa shape index (κ2) is 8.16. The van der Waals surface area contributed by atoms with Crippen molar-refractivity contribution in [2.75, 3.05) is 5.32 Å². The summed E-state index contributed by atoms with van der Waals surface area (Å²) < 4.78 is 6.14. The molecule has 2 aromatic rings. The van der Waals surface area contributed by atoms with Crippen molar-refractivity contribution in [1.82, 2.24) is 0 Å². The zero-order chi connectivity index (χ0) is 19.6. The van der Waals surface area contributed by atoms with Crippen LogP contribution in [0.2, 0.25) is 5.02 Å². The Labute approximate surface area is 172 Å². The molecule has 3 nitrogen and oxygen atoms in total. The van der Waals surface area contributed by atoms with E-state index in [9.17, 15) is 4.79 Å². The summed E-state index contributed by atoms with van der Waals surface area (Å²) in [6, 6.07) is 13.7. The maximum atomic E-state index is 13.3. The number of anilines is 1. The number of ether oxygens (including phenoxy) is 1. The molecule has 0 aromatic heterocycles. The molecule has 2 aromatic carbocycles. The van der Waals surface area contributed by atoms with Gasteiger partial charge in [0, 0.05) is 10.7 Å². The number of hydrogen-bond donors (Lipinski definition) is 1. The Morgan fingerprint density at radius 1 is 1.04 bits per heavy atom. The van der Waals surface area contributed by atoms with Crippen LogP contribution < -0.4 is 10.1 Å². The molecule has 0 saturated heterocycles. The average Bonchev–Trinajstić information content (AvgIpc) is 3.37. The molecule has 4 rings (SSSR count). The number of hydrogen-bond acceptors (Lipinski definition) is 2. The largest absolute Gasteiger partial charge is 0.490 e. The molecule has 1 amide bonds. The van der Waals surface area contributed by atoms with Crippen LogP contribution in [0.1, 0.15) is 62.5 Å². The molecular weight excluding hydrogens is 370 g/mol. The normalized spacial score (nSPS) is 18.9. The smallest absolute Gasteiger partial charge is 0.235 e. The molecule has 1 N–H and O–H groups in total. The summed E-state index contributed by atoms with van der Waals surface area (Å²) in [7, 11) is 0. The van der Waals surface area contributed by atoms with Gasteiger partial charge in [0.15, 0.2) is 0 Å². The summed E-state index contributed by atoms with van der Waals surface area (Å²) in [5.41, 5.74) is 2.50. The van der Waals surface area contributed by atoms with Crippen LogP contribution in [0.15, 0.2) is 42.5 Å².